The minimum Gasteiger partial charge on any atom is -0.383 e. The summed E-state index contributed by atoms with van der Waals surface area (Å²) >= 11 is 0. The van der Waals surface area contributed by atoms with Crippen LogP contribution in [0.1, 0.15) is 12.6 Å². The predicted octanol–water partition coefficient (Wildman–Crippen LogP) is 0.683. The molecular weight excluding hydrogens is 218 g/mol. The zero-order valence-electron chi connectivity index (χ0n) is 9.25. The number of aromatic amines is 1. The molecule has 0 aliphatic heterocycles. The molecule has 3 N–H and O–H groups in total. The monoisotopic (exact) mass is 229 g/mol. The van der Waals surface area contributed by atoms with Gasteiger partial charge in [0.2, 0.25) is 0 Å². The standard InChI is InChI=1S/C10H11N7/c1-2-6-8-9(11)14-15-10(8)17(16-6)7-4-3-5-12-13-7/h3-5H,2H2,1H3,(H3,11,14,15). The van der Waals surface area contributed by atoms with Crippen LogP contribution in [0.5, 0.6) is 0 Å². The van der Waals surface area contributed by atoms with Crippen LogP contribution >= 0.6 is 0 Å². The molecule has 0 atom stereocenters. The molecule has 0 radical (unpaired) electrons. The summed E-state index contributed by atoms with van der Waals surface area (Å²) in [5, 5.41) is 20.1. The van der Waals surface area contributed by atoms with Gasteiger partial charge in [0.15, 0.2) is 11.5 Å². The molecule has 0 amide bonds. The Morgan fingerprint density at radius 1 is 1.47 bits per heavy atom. The summed E-state index contributed by atoms with van der Waals surface area (Å²) in [6.07, 6.45) is 2.40. The summed E-state index contributed by atoms with van der Waals surface area (Å²) in [7, 11) is 0. The first kappa shape index (κ1) is 9.76. The van der Waals surface area contributed by atoms with E-state index in [9.17, 15) is 0 Å². The van der Waals surface area contributed by atoms with Gasteiger partial charge in [-0.3, -0.25) is 5.10 Å². The van der Waals surface area contributed by atoms with Crippen LogP contribution in [0.25, 0.3) is 16.9 Å². The number of aromatic nitrogens is 6. The van der Waals surface area contributed by atoms with Crippen LogP contribution in [0.3, 0.4) is 0 Å². The Morgan fingerprint density at radius 2 is 2.35 bits per heavy atom. The lowest BCUT2D eigenvalue weighted by atomic mass is 10.2. The van der Waals surface area contributed by atoms with E-state index in [-0.39, 0.29) is 0 Å². The molecule has 0 bridgehead atoms. The number of nitrogen functional groups attached to an aromatic ring is 1. The van der Waals surface area contributed by atoms with E-state index in [2.05, 4.69) is 25.5 Å². The minimum atomic E-state index is 0.534. The molecule has 3 heterocycles. The van der Waals surface area contributed by atoms with Gasteiger partial charge in [-0.25, -0.2) is 0 Å². The van der Waals surface area contributed by atoms with Crippen molar-refractivity contribution in [2.75, 3.05) is 5.73 Å². The third-order valence-corrected chi connectivity index (χ3v) is 2.60. The molecular formula is C10H11N7. The first-order chi connectivity index (χ1) is 8.31. The van der Waals surface area contributed by atoms with E-state index in [0.717, 1.165) is 17.5 Å². The summed E-state index contributed by atoms with van der Waals surface area (Å²) in [5.74, 6) is 1.16. The van der Waals surface area contributed by atoms with Gasteiger partial charge in [0.05, 0.1) is 11.1 Å². The van der Waals surface area contributed by atoms with E-state index < -0.39 is 0 Å². The first-order valence-corrected chi connectivity index (χ1v) is 5.30. The van der Waals surface area contributed by atoms with Crippen molar-refractivity contribution >= 4 is 16.9 Å². The molecule has 86 valence electrons. The number of H-pyrrole nitrogens is 1. The third kappa shape index (κ3) is 1.36. The Morgan fingerprint density at radius 3 is 3.06 bits per heavy atom. The van der Waals surface area contributed by atoms with Crippen molar-refractivity contribution < 1.29 is 0 Å². The van der Waals surface area contributed by atoms with Gasteiger partial charge in [-0.2, -0.15) is 20.0 Å². The maximum atomic E-state index is 5.84. The van der Waals surface area contributed by atoms with E-state index in [1.165, 1.54) is 0 Å². The number of hydrogen-bond donors (Lipinski definition) is 2. The van der Waals surface area contributed by atoms with Crippen LogP contribution in [0.2, 0.25) is 0 Å². The second kappa shape index (κ2) is 3.55. The van der Waals surface area contributed by atoms with Crippen molar-refractivity contribution in [1.82, 2.24) is 30.2 Å². The summed E-state index contributed by atoms with van der Waals surface area (Å²) in [6, 6.07) is 3.63. The molecule has 0 aliphatic rings. The number of hydrogen-bond acceptors (Lipinski definition) is 5. The Hall–Kier alpha value is -2.44. The fourth-order valence-corrected chi connectivity index (χ4v) is 1.81. The first-order valence-electron chi connectivity index (χ1n) is 5.30. The number of nitrogens with zero attached hydrogens (tertiary/aromatic N) is 5. The Labute approximate surface area is 96.7 Å². The van der Waals surface area contributed by atoms with Gasteiger partial charge in [-0.1, -0.05) is 6.92 Å². The molecule has 3 aromatic rings. The maximum absolute atomic E-state index is 5.84. The Kier molecular flexibility index (Phi) is 2.04. The largest absolute Gasteiger partial charge is 0.383 e. The molecule has 0 saturated heterocycles. The van der Waals surface area contributed by atoms with E-state index in [4.69, 9.17) is 5.73 Å². The highest BCUT2D eigenvalue weighted by molar-refractivity contribution is 5.89. The second-order valence-electron chi connectivity index (χ2n) is 3.63. The van der Waals surface area contributed by atoms with Crippen molar-refractivity contribution in [3.8, 4) is 5.82 Å². The van der Waals surface area contributed by atoms with Gasteiger partial charge in [-0.05, 0) is 18.6 Å². The zero-order chi connectivity index (χ0) is 11.8. The number of fused-ring (bicyclic) bond motifs is 1. The quantitative estimate of drug-likeness (QED) is 0.673. The van der Waals surface area contributed by atoms with Crippen molar-refractivity contribution in [1.29, 1.82) is 0 Å². The van der Waals surface area contributed by atoms with Crippen molar-refractivity contribution in [3.05, 3.63) is 24.0 Å². The highest BCUT2D eigenvalue weighted by Gasteiger charge is 2.16. The lowest BCUT2D eigenvalue weighted by molar-refractivity contribution is 0.797. The minimum absolute atomic E-state index is 0.534. The normalized spacial score (nSPS) is 11.1. The van der Waals surface area contributed by atoms with Crippen LogP contribution in [-0.4, -0.2) is 30.2 Å². The topological polar surface area (TPSA) is 98.3 Å². The predicted molar refractivity (Wildman–Crippen MR) is 62.6 cm³/mol. The molecule has 3 aromatic heterocycles. The molecule has 0 saturated carbocycles. The zero-order valence-corrected chi connectivity index (χ0v) is 9.25. The van der Waals surface area contributed by atoms with Gasteiger partial charge in [0, 0.05) is 6.20 Å². The van der Waals surface area contributed by atoms with Crippen molar-refractivity contribution in [3.63, 3.8) is 0 Å². The van der Waals surface area contributed by atoms with Gasteiger partial charge < -0.3 is 5.73 Å². The molecule has 7 nitrogen and oxygen atoms in total. The number of nitrogens with two attached hydrogens (primary N) is 1. The highest BCUT2D eigenvalue weighted by atomic mass is 15.4. The van der Waals surface area contributed by atoms with Crippen LogP contribution in [0, 0.1) is 0 Å². The van der Waals surface area contributed by atoms with Crippen LogP contribution < -0.4 is 5.73 Å². The van der Waals surface area contributed by atoms with Crippen LogP contribution in [0.4, 0.5) is 5.82 Å². The lowest BCUT2D eigenvalue weighted by Gasteiger charge is -1.97. The molecule has 3 rings (SSSR count). The van der Waals surface area contributed by atoms with Crippen LogP contribution in [0.15, 0.2) is 18.3 Å². The molecule has 0 spiro atoms. The average molecular weight is 229 g/mol. The van der Waals surface area contributed by atoms with Crippen molar-refractivity contribution in [2.24, 2.45) is 0 Å². The fraction of sp³-hybridized carbons (Fsp3) is 0.200. The number of nitrogens with one attached hydrogen (secondary N) is 1. The summed E-state index contributed by atoms with van der Waals surface area (Å²) in [6.45, 7) is 2.02. The SMILES string of the molecule is CCc1nn(-c2cccnn2)c2n[nH]c(N)c12. The summed E-state index contributed by atoms with van der Waals surface area (Å²) in [4.78, 5) is 0. The van der Waals surface area contributed by atoms with Gasteiger partial charge in [-0.15, -0.1) is 5.10 Å². The number of rotatable bonds is 2. The summed E-state index contributed by atoms with van der Waals surface area (Å²) in [5.41, 5.74) is 7.42. The molecule has 7 heteroatoms. The van der Waals surface area contributed by atoms with E-state index in [0.29, 0.717) is 17.3 Å². The van der Waals surface area contributed by atoms with E-state index in [1.807, 2.05) is 13.0 Å². The fourth-order valence-electron chi connectivity index (χ4n) is 1.81. The molecule has 0 unspecified atom stereocenters. The van der Waals surface area contributed by atoms with Gasteiger partial charge in [0.25, 0.3) is 0 Å². The average Bonchev–Trinajstić information content (AvgIpc) is 2.92. The molecule has 0 fully saturated rings. The third-order valence-electron chi connectivity index (χ3n) is 2.60. The second-order valence-corrected chi connectivity index (χ2v) is 3.63. The highest BCUT2D eigenvalue weighted by Crippen LogP contribution is 2.24. The smallest absolute Gasteiger partial charge is 0.188 e. The van der Waals surface area contributed by atoms with Gasteiger partial charge >= 0.3 is 0 Å². The summed E-state index contributed by atoms with van der Waals surface area (Å²) < 4.78 is 1.65. The molecule has 17 heavy (non-hydrogen) atoms. The maximum Gasteiger partial charge on any atom is 0.188 e. The molecule has 0 aromatic carbocycles. The lowest BCUT2D eigenvalue weighted by Crippen LogP contribution is -2.01. The molecule has 0 aliphatic carbocycles. The Bertz CT molecular complexity index is 652. The van der Waals surface area contributed by atoms with Gasteiger partial charge in [0.1, 0.15) is 5.82 Å². The van der Waals surface area contributed by atoms with Crippen molar-refractivity contribution in [2.45, 2.75) is 13.3 Å². The van der Waals surface area contributed by atoms with Crippen LogP contribution in [-0.2, 0) is 6.42 Å². The van der Waals surface area contributed by atoms with E-state index >= 15 is 0 Å². The number of anilines is 1. The Balaban J connectivity index is 2.31. The van der Waals surface area contributed by atoms with E-state index in [1.54, 1.807) is 16.9 Å². The number of aryl methyl sites for hydroxylation is 1.